The van der Waals surface area contributed by atoms with Gasteiger partial charge in [-0.15, -0.1) is 0 Å². The van der Waals surface area contributed by atoms with Gasteiger partial charge in [0.25, 0.3) is 0 Å². The summed E-state index contributed by atoms with van der Waals surface area (Å²) >= 11 is 0. The Labute approximate surface area is 99.2 Å². The number of likely N-dealkylation sites (tertiary alicyclic amines) is 1. The third-order valence-electron chi connectivity index (χ3n) is 4.24. The van der Waals surface area contributed by atoms with Gasteiger partial charge in [-0.3, -0.25) is 0 Å². The van der Waals surface area contributed by atoms with Gasteiger partial charge in [-0.05, 0) is 50.6 Å². The van der Waals surface area contributed by atoms with Gasteiger partial charge in [-0.25, -0.2) is 0 Å². The van der Waals surface area contributed by atoms with E-state index >= 15 is 0 Å². The average Bonchev–Trinajstić information content (AvgIpc) is 2.30. The lowest BCUT2D eigenvalue weighted by Gasteiger charge is -2.45. The highest BCUT2D eigenvalue weighted by Crippen LogP contribution is 2.35. The van der Waals surface area contributed by atoms with Gasteiger partial charge in [0.05, 0.1) is 6.10 Å². The molecular weight excluding hydrogens is 200 g/mol. The predicted octanol–water partition coefficient (Wildman–Crippen LogP) is 1.22. The van der Waals surface area contributed by atoms with Gasteiger partial charge < -0.3 is 15.3 Å². The number of piperidine rings is 2. The summed E-state index contributed by atoms with van der Waals surface area (Å²) in [4.78, 5) is 2.48. The molecule has 2 rings (SSSR count). The first-order valence-electron chi connectivity index (χ1n) is 6.85. The highest BCUT2D eigenvalue weighted by molar-refractivity contribution is 4.91. The molecule has 0 aromatic rings. The quantitative estimate of drug-likeness (QED) is 0.759. The predicted molar refractivity (Wildman–Crippen MR) is 66.5 cm³/mol. The highest BCUT2D eigenvalue weighted by atomic mass is 16.3. The van der Waals surface area contributed by atoms with Crippen molar-refractivity contribution >= 4 is 0 Å². The van der Waals surface area contributed by atoms with Gasteiger partial charge in [-0.2, -0.15) is 0 Å². The van der Waals surface area contributed by atoms with E-state index in [1.54, 1.807) is 0 Å². The van der Waals surface area contributed by atoms with Crippen molar-refractivity contribution in [2.24, 2.45) is 5.41 Å². The van der Waals surface area contributed by atoms with Gasteiger partial charge in [-0.1, -0.05) is 6.92 Å². The Balaban J connectivity index is 1.87. The van der Waals surface area contributed by atoms with Crippen molar-refractivity contribution < 1.29 is 5.11 Å². The second kappa shape index (κ2) is 5.48. The Morgan fingerprint density at radius 1 is 1.38 bits per heavy atom. The van der Waals surface area contributed by atoms with Crippen LogP contribution in [0.2, 0.25) is 0 Å². The van der Waals surface area contributed by atoms with Crippen molar-refractivity contribution in [2.45, 2.75) is 45.1 Å². The molecule has 0 aliphatic carbocycles. The Morgan fingerprint density at radius 3 is 2.88 bits per heavy atom. The van der Waals surface area contributed by atoms with E-state index in [1.807, 2.05) is 0 Å². The van der Waals surface area contributed by atoms with E-state index in [0.717, 1.165) is 13.0 Å². The molecule has 2 unspecified atom stereocenters. The van der Waals surface area contributed by atoms with Gasteiger partial charge in [0.15, 0.2) is 0 Å². The summed E-state index contributed by atoms with van der Waals surface area (Å²) in [5.41, 5.74) is 0.518. The van der Waals surface area contributed by atoms with Crippen molar-refractivity contribution in [3.8, 4) is 0 Å². The zero-order valence-corrected chi connectivity index (χ0v) is 10.5. The van der Waals surface area contributed by atoms with Crippen LogP contribution in [0, 0.1) is 5.41 Å². The maximum Gasteiger partial charge on any atom is 0.0664 e. The van der Waals surface area contributed by atoms with Crippen LogP contribution in [0.15, 0.2) is 0 Å². The van der Waals surface area contributed by atoms with Crippen molar-refractivity contribution in [1.82, 2.24) is 10.2 Å². The molecule has 2 heterocycles. The molecule has 16 heavy (non-hydrogen) atoms. The van der Waals surface area contributed by atoms with Gasteiger partial charge in [0, 0.05) is 19.6 Å². The lowest BCUT2D eigenvalue weighted by atomic mass is 9.74. The van der Waals surface area contributed by atoms with Gasteiger partial charge in [0.1, 0.15) is 0 Å². The van der Waals surface area contributed by atoms with Crippen LogP contribution in [0.5, 0.6) is 0 Å². The highest BCUT2D eigenvalue weighted by Gasteiger charge is 2.36. The maximum absolute atomic E-state index is 9.74. The molecule has 2 N–H and O–H groups in total. The topological polar surface area (TPSA) is 35.5 Å². The fraction of sp³-hybridized carbons (Fsp3) is 1.00. The third kappa shape index (κ3) is 2.96. The number of nitrogens with one attached hydrogen (secondary N) is 1. The molecule has 2 fully saturated rings. The second-order valence-electron chi connectivity index (χ2n) is 5.68. The van der Waals surface area contributed by atoms with Crippen LogP contribution in [-0.2, 0) is 0 Å². The van der Waals surface area contributed by atoms with Crippen LogP contribution in [-0.4, -0.2) is 48.8 Å². The summed E-state index contributed by atoms with van der Waals surface area (Å²) in [7, 11) is 0. The normalized spacial score (nSPS) is 34.1. The number of hydrogen-bond donors (Lipinski definition) is 2. The second-order valence-corrected chi connectivity index (χ2v) is 5.68. The molecule has 0 radical (unpaired) electrons. The number of rotatable bonds is 3. The van der Waals surface area contributed by atoms with E-state index in [9.17, 15) is 5.11 Å². The number of hydrogen-bond acceptors (Lipinski definition) is 3. The van der Waals surface area contributed by atoms with Crippen LogP contribution < -0.4 is 5.32 Å². The fourth-order valence-electron chi connectivity index (χ4n) is 3.27. The van der Waals surface area contributed by atoms with E-state index in [1.165, 1.54) is 51.9 Å². The van der Waals surface area contributed by atoms with E-state index in [0.29, 0.717) is 5.41 Å². The summed E-state index contributed by atoms with van der Waals surface area (Å²) in [5.74, 6) is 0. The monoisotopic (exact) mass is 226 g/mol. The van der Waals surface area contributed by atoms with Gasteiger partial charge >= 0.3 is 0 Å². The number of aliphatic hydroxyl groups excluding tert-OH is 1. The van der Waals surface area contributed by atoms with Crippen LogP contribution in [0.3, 0.4) is 0 Å². The molecule has 2 atom stereocenters. The standard InChI is InChI=1S/C13H26N2O/c1-2-12(16)9-15-8-4-6-13(11-15)5-3-7-14-10-13/h12,14,16H,2-11H2,1H3. The van der Waals surface area contributed by atoms with E-state index in [-0.39, 0.29) is 6.10 Å². The van der Waals surface area contributed by atoms with E-state index in [2.05, 4.69) is 17.1 Å². The summed E-state index contributed by atoms with van der Waals surface area (Å²) < 4.78 is 0. The maximum atomic E-state index is 9.74. The number of β-amino-alcohol motifs (C(OH)–C–C–N with tert-alkyl or cyclic N) is 1. The van der Waals surface area contributed by atoms with Crippen LogP contribution >= 0.6 is 0 Å². The summed E-state index contributed by atoms with van der Waals surface area (Å²) in [6.07, 6.45) is 6.12. The van der Waals surface area contributed by atoms with Crippen LogP contribution in [0.1, 0.15) is 39.0 Å². The molecule has 94 valence electrons. The van der Waals surface area contributed by atoms with E-state index in [4.69, 9.17) is 0 Å². The zero-order chi connectivity index (χ0) is 11.4. The van der Waals surface area contributed by atoms with Crippen molar-refractivity contribution in [1.29, 1.82) is 0 Å². The van der Waals surface area contributed by atoms with Crippen molar-refractivity contribution in [2.75, 3.05) is 32.7 Å². The fourth-order valence-corrected chi connectivity index (χ4v) is 3.27. The SMILES string of the molecule is CCC(O)CN1CCCC2(CCCNC2)C1. The molecule has 0 saturated carbocycles. The first-order valence-corrected chi connectivity index (χ1v) is 6.85. The van der Waals surface area contributed by atoms with Crippen molar-refractivity contribution in [3.05, 3.63) is 0 Å². The third-order valence-corrected chi connectivity index (χ3v) is 4.24. The molecule has 2 aliphatic rings. The lowest BCUT2D eigenvalue weighted by molar-refractivity contribution is 0.0306. The number of nitrogens with zero attached hydrogens (tertiary/aromatic N) is 1. The summed E-state index contributed by atoms with van der Waals surface area (Å²) in [5, 5.41) is 13.3. The summed E-state index contributed by atoms with van der Waals surface area (Å²) in [6.45, 7) is 7.69. The minimum atomic E-state index is -0.133. The average molecular weight is 226 g/mol. The Kier molecular flexibility index (Phi) is 4.22. The molecule has 2 saturated heterocycles. The van der Waals surface area contributed by atoms with Gasteiger partial charge in [0.2, 0.25) is 0 Å². The van der Waals surface area contributed by atoms with E-state index < -0.39 is 0 Å². The minimum absolute atomic E-state index is 0.133. The minimum Gasteiger partial charge on any atom is -0.392 e. The molecule has 2 aliphatic heterocycles. The zero-order valence-electron chi connectivity index (χ0n) is 10.5. The Morgan fingerprint density at radius 2 is 2.19 bits per heavy atom. The molecule has 0 bridgehead atoms. The Hall–Kier alpha value is -0.120. The first-order chi connectivity index (χ1) is 7.74. The van der Waals surface area contributed by atoms with Crippen LogP contribution in [0.4, 0.5) is 0 Å². The Bertz CT molecular complexity index is 208. The number of aliphatic hydroxyl groups is 1. The lowest BCUT2D eigenvalue weighted by Crippen LogP contribution is -2.52. The molecule has 0 amide bonds. The molecule has 1 spiro atoms. The summed E-state index contributed by atoms with van der Waals surface area (Å²) in [6, 6.07) is 0. The van der Waals surface area contributed by atoms with Crippen LogP contribution in [0.25, 0.3) is 0 Å². The molecule has 3 nitrogen and oxygen atoms in total. The first kappa shape index (κ1) is 12.3. The molecular formula is C13H26N2O. The molecule has 0 aromatic heterocycles. The smallest absolute Gasteiger partial charge is 0.0664 e. The largest absolute Gasteiger partial charge is 0.392 e. The molecule has 0 aromatic carbocycles. The molecule has 3 heteroatoms. The van der Waals surface area contributed by atoms with Crippen molar-refractivity contribution in [3.63, 3.8) is 0 Å².